The number of nitrogens with zero attached hydrogens (tertiary/aromatic N) is 1. The molecule has 5 nitrogen and oxygen atoms in total. The van der Waals surface area contributed by atoms with Crippen LogP contribution in [0.4, 0.5) is 5.69 Å². The fraction of sp³-hybridized carbons (Fsp3) is 0.385. The summed E-state index contributed by atoms with van der Waals surface area (Å²) in [4.78, 5) is 23.8. The zero-order valence-electron chi connectivity index (χ0n) is 10.3. The fourth-order valence-corrected chi connectivity index (χ4v) is 1.95. The van der Waals surface area contributed by atoms with Gasteiger partial charge in [0.15, 0.2) is 6.61 Å². The third-order valence-corrected chi connectivity index (χ3v) is 2.89. The number of benzene rings is 1. The van der Waals surface area contributed by atoms with E-state index in [1.807, 2.05) is 25.2 Å². The number of amides is 1. The summed E-state index contributed by atoms with van der Waals surface area (Å²) in [5, 5.41) is 3.07. The van der Waals surface area contributed by atoms with Crippen molar-refractivity contribution in [3.8, 4) is 5.75 Å². The standard InChI is InChI=1S/C13H16N2O3/c1-14-5-4-10-2-3-12-11(8-10)15(6-7-16)13(17)9-18-12/h2-3,7-8,14H,4-6,9H2,1H3. The summed E-state index contributed by atoms with van der Waals surface area (Å²) in [5.74, 6) is 0.477. The quantitative estimate of drug-likeness (QED) is 0.765. The topological polar surface area (TPSA) is 58.6 Å². The van der Waals surface area contributed by atoms with Crippen molar-refractivity contribution >= 4 is 17.9 Å². The van der Waals surface area contributed by atoms with Crippen molar-refractivity contribution in [2.45, 2.75) is 6.42 Å². The number of hydrogen-bond acceptors (Lipinski definition) is 4. The first-order valence-electron chi connectivity index (χ1n) is 5.90. The van der Waals surface area contributed by atoms with Gasteiger partial charge in [0.05, 0.1) is 12.2 Å². The van der Waals surface area contributed by atoms with Crippen LogP contribution in [0.3, 0.4) is 0 Å². The Kier molecular flexibility index (Phi) is 3.94. The second-order valence-electron chi connectivity index (χ2n) is 4.12. The summed E-state index contributed by atoms with van der Waals surface area (Å²) in [7, 11) is 1.89. The molecule has 0 spiro atoms. The number of anilines is 1. The first-order chi connectivity index (χ1) is 8.76. The van der Waals surface area contributed by atoms with E-state index in [2.05, 4.69) is 5.32 Å². The van der Waals surface area contributed by atoms with Gasteiger partial charge in [0.2, 0.25) is 0 Å². The molecule has 0 unspecified atom stereocenters. The molecule has 0 atom stereocenters. The van der Waals surface area contributed by atoms with Crippen LogP contribution >= 0.6 is 0 Å². The molecule has 1 aromatic rings. The molecular weight excluding hydrogens is 232 g/mol. The molecule has 5 heteroatoms. The van der Waals surface area contributed by atoms with E-state index in [0.717, 1.165) is 24.8 Å². The molecule has 1 aliphatic heterocycles. The number of fused-ring (bicyclic) bond motifs is 1. The third-order valence-electron chi connectivity index (χ3n) is 2.89. The van der Waals surface area contributed by atoms with Crippen LogP contribution in [0, 0.1) is 0 Å². The molecule has 1 aromatic carbocycles. The number of carbonyl (C=O) groups is 2. The lowest BCUT2D eigenvalue weighted by Gasteiger charge is -2.28. The number of rotatable bonds is 5. The van der Waals surface area contributed by atoms with Crippen LogP contribution in [-0.2, 0) is 16.0 Å². The maximum absolute atomic E-state index is 11.7. The summed E-state index contributed by atoms with van der Waals surface area (Å²) in [6.07, 6.45) is 1.60. The van der Waals surface area contributed by atoms with Crippen LogP contribution in [0.2, 0.25) is 0 Å². The lowest BCUT2D eigenvalue weighted by atomic mass is 10.1. The number of carbonyl (C=O) groups excluding carboxylic acids is 2. The van der Waals surface area contributed by atoms with E-state index in [0.29, 0.717) is 11.4 Å². The number of ether oxygens (including phenoxy) is 1. The number of likely N-dealkylation sites (N-methyl/N-ethyl adjacent to an activating group) is 1. The van der Waals surface area contributed by atoms with Crippen LogP contribution in [0.25, 0.3) is 0 Å². The van der Waals surface area contributed by atoms with Crippen molar-refractivity contribution in [1.82, 2.24) is 5.32 Å². The zero-order valence-corrected chi connectivity index (χ0v) is 10.3. The van der Waals surface area contributed by atoms with Crippen LogP contribution in [-0.4, -0.2) is 38.9 Å². The predicted octanol–water partition coefficient (Wildman–Crippen LogP) is 0.373. The Morgan fingerprint density at radius 1 is 1.50 bits per heavy atom. The lowest BCUT2D eigenvalue weighted by Crippen LogP contribution is -2.39. The second-order valence-corrected chi connectivity index (χ2v) is 4.12. The van der Waals surface area contributed by atoms with Gasteiger partial charge in [0, 0.05) is 0 Å². The molecular formula is C13H16N2O3. The molecule has 0 aromatic heterocycles. The maximum Gasteiger partial charge on any atom is 0.265 e. The number of hydrogen-bond donors (Lipinski definition) is 1. The lowest BCUT2D eigenvalue weighted by molar-refractivity contribution is -0.122. The molecule has 1 heterocycles. The van der Waals surface area contributed by atoms with E-state index in [4.69, 9.17) is 4.74 Å². The highest BCUT2D eigenvalue weighted by Gasteiger charge is 2.25. The van der Waals surface area contributed by atoms with Gasteiger partial charge in [-0.25, -0.2) is 0 Å². The van der Waals surface area contributed by atoms with Gasteiger partial charge in [-0.1, -0.05) is 6.07 Å². The largest absolute Gasteiger partial charge is 0.482 e. The normalized spacial score (nSPS) is 14.1. The van der Waals surface area contributed by atoms with Crippen molar-refractivity contribution in [1.29, 1.82) is 0 Å². The fourth-order valence-electron chi connectivity index (χ4n) is 1.95. The molecule has 2 rings (SSSR count). The highest BCUT2D eigenvalue weighted by atomic mass is 16.5. The highest BCUT2D eigenvalue weighted by molar-refractivity contribution is 5.99. The van der Waals surface area contributed by atoms with Crippen LogP contribution in [0.1, 0.15) is 5.56 Å². The van der Waals surface area contributed by atoms with Crippen molar-refractivity contribution in [2.75, 3.05) is 31.6 Å². The van der Waals surface area contributed by atoms with Crippen LogP contribution in [0.5, 0.6) is 5.75 Å². The predicted molar refractivity (Wildman–Crippen MR) is 68.0 cm³/mol. The van der Waals surface area contributed by atoms with E-state index in [1.165, 1.54) is 4.90 Å². The summed E-state index contributed by atoms with van der Waals surface area (Å²) < 4.78 is 5.35. The average Bonchev–Trinajstić information content (AvgIpc) is 2.39. The van der Waals surface area contributed by atoms with E-state index in [9.17, 15) is 9.59 Å². The first-order valence-corrected chi connectivity index (χ1v) is 5.90. The highest BCUT2D eigenvalue weighted by Crippen LogP contribution is 2.32. The molecule has 18 heavy (non-hydrogen) atoms. The Bertz CT molecular complexity index is 460. The first kappa shape index (κ1) is 12.6. The maximum atomic E-state index is 11.7. The van der Waals surface area contributed by atoms with E-state index >= 15 is 0 Å². The monoisotopic (exact) mass is 248 g/mol. The van der Waals surface area contributed by atoms with E-state index in [-0.39, 0.29) is 19.1 Å². The molecule has 0 fully saturated rings. The molecule has 1 amide bonds. The zero-order chi connectivity index (χ0) is 13.0. The smallest absolute Gasteiger partial charge is 0.265 e. The molecule has 0 saturated heterocycles. The van der Waals surface area contributed by atoms with Gasteiger partial charge < -0.3 is 14.8 Å². The Labute approximate surface area is 106 Å². The van der Waals surface area contributed by atoms with Gasteiger partial charge in [0.25, 0.3) is 5.91 Å². The van der Waals surface area contributed by atoms with Crippen LogP contribution < -0.4 is 15.0 Å². The Hall–Kier alpha value is -1.88. The van der Waals surface area contributed by atoms with Gasteiger partial charge in [-0.15, -0.1) is 0 Å². The average molecular weight is 248 g/mol. The Morgan fingerprint density at radius 3 is 3.06 bits per heavy atom. The molecule has 0 radical (unpaired) electrons. The second kappa shape index (κ2) is 5.64. The molecule has 0 bridgehead atoms. The third kappa shape index (κ3) is 2.51. The van der Waals surface area contributed by atoms with Crippen molar-refractivity contribution in [3.63, 3.8) is 0 Å². The summed E-state index contributed by atoms with van der Waals surface area (Å²) in [6.45, 7) is 0.933. The SMILES string of the molecule is CNCCc1ccc2c(c1)N(CC=O)C(=O)CO2. The molecule has 0 saturated carbocycles. The minimum absolute atomic E-state index is 0.00327. The molecule has 1 N–H and O–H groups in total. The summed E-state index contributed by atoms with van der Waals surface area (Å²) in [5.41, 5.74) is 1.80. The number of aldehydes is 1. The van der Waals surface area contributed by atoms with Gasteiger partial charge in [0.1, 0.15) is 12.0 Å². The molecule has 96 valence electrons. The molecule has 1 aliphatic rings. The van der Waals surface area contributed by atoms with Crippen LogP contribution in [0.15, 0.2) is 18.2 Å². The summed E-state index contributed by atoms with van der Waals surface area (Å²) in [6, 6.07) is 5.74. The van der Waals surface area contributed by atoms with E-state index < -0.39 is 0 Å². The minimum Gasteiger partial charge on any atom is -0.482 e. The van der Waals surface area contributed by atoms with Crippen molar-refractivity contribution in [2.24, 2.45) is 0 Å². The molecule has 0 aliphatic carbocycles. The Morgan fingerprint density at radius 2 is 2.33 bits per heavy atom. The van der Waals surface area contributed by atoms with Gasteiger partial charge in [-0.3, -0.25) is 9.69 Å². The van der Waals surface area contributed by atoms with Gasteiger partial charge in [-0.2, -0.15) is 0 Å². The number of nitrogens with one attached hydrogen (secondary N) is 1. The Balaban J connectivity index is 2.29. The van der Waals surface area contributed by atoms with Gasteiger partial charge in [-0.05, 0) is 37.7 Å². The van der Waals surface area contributed by atoms with E-state index in [1.54, 1.807) is 0 Å². The summed E-state index contributed by atoms with van der Waals surface area (Å²) >= 11 is 0. The van der Waals surface area contributed by atoms with Crippen molar-refractivity contribution < 1.29 is 14.3 Å². The van der Waals surface area contributed by atoms with Gasteiger partial charge >= 0.3 is 0 Å². The minimum atomic E-state index is -0.180. The van der Waals surface area contributed by atoms with Crippen molar-refractivity contribution in [3.05, 3.63) is 23.8 Å².